The van der Waals surface area contributed by atoms with Gasteiger partial charge < -0.3 is 10.6 Å². The van der Waals surface area contributed by atoms with Crippen molar-refractivity contribution < 1.29 is 13.2 Å². The fourth-order valence-corrected chi connectivity index (χ4v) is 4.51. The maximum absolute atomic E-state index is 12.3. The highest BCUT2D eigenvalue weighted by molar-refractivity contribution is 7.90. The number of carbonyl (C=O) groups is 1. The lowest BCUT2D eigenvalue weighted by Gasteiger charge is -2.13. The Labute approximate surface area is 200 Å². The molecule has 0 aromatic heterocycles. The largest absolute Gasteiger partial charge is 0.332 e. The van der Waals surface area contributed by atoms with Gasteiger partial charge in [-0.2, -0.15) is 0 Å². The summed E-state index contributed by atoms with van der Waals surface area (Å²) in [5.41, 5.74) is 4.83. The van der Waals surface area contributed by atoms with Crippen LogP contribution < -0.4 is 10.6 Å². The first-order chi connectivity index (χ1) is 16.4. The number of rotatable bonds is 8. The second-order valence-electron chi connectivity index (χ2n) is 8.23. The molecule has 2 amide bonds. The summed E-state index contributed by atoms with van der Waals surface area (Å²) in [7, 11) is -3.21. The van der Waals surface area contributed by atoms with E-state index in [4.69, 9.17) is 4.99 Å². The molecular formula is C27H27N3O3S. The van der Waals surface area contributed by atoms with E-state index >= 15 is 0 Å². The summed E-state index contributed by atoms with van der Waals surface area (Å²) in [5.74, 6) is 0. The molecule has 1 heterocycles. The van der Waals surface area contributed by atoms with Crippen LogP contribution in [0.1, 0.15) is 17.5 Å². The van der Waals surface area contributed by atoms with Gasteiger partial charge in [-0.1, -0.05) is 60.7 Å². The smallest absolute Gasteiger partial charge is 0.319 e. The molecule has 3 aromatic rings. The normalized spacial score (nSPS) is 15.4. The van der Waals surface area contributed by atoms with Gasteiger partial charge in [0.1, 0.15) is 0 Å². The first-order valence-corrected chi connectivity index (χ1v) is 13.0. The average molecular weight is 474 g/mol. The van der Waals surface area contributed by atoms with Gasteiger partial charge in [-0.05, 0) is 59.9 Å². The highest BCUT2D eigenvalue weighted by Crippen LogP contribution is 2.29. The van der Waals surface area contributed by atoms with Gasteiger partial charge in [0.2, 0.25) is 0 Å². The summed E-state index contributed by atoms with van der Waals surface area (Å²) >= 11 is 0. The van der Waals surface area contributed by atoms with E-state index < -0.39 is 9.84 Å². The van der Waals surface area contributed by atoms with E-state index in [1.54, 1.807) is 12.1 Å². The molecule has 34 heavy (non-hydrogen) atoms. The number of benzene rings is 3. The van der Waals surface area contributed by atoms with Crippen LogP contribution in [0.2, 0.25) is 0 Å². The van der Waals surface area contributed by atoms with Gasteiger partial charge in [-0.3, -0.25) is 4.99 Å². The van der Waals surface area contributed by atoms with E-state index in [-0.39, 0.29) is 12.1 Å². The minimum atomic E-state index is -3.21. The number of carbonyl (C=O) groups excluding carboxylic acids is 1. The number of para-hydroxylation sites is 1. The molecule has 1 aliphatic rings. The van der Waals surface area contributed by atoms with Crippen LogP contribution in [0.5, 0.6) is 0 Å². The number of hydrogen-bond donors (Lipinski definition) is 2. The van der Waals surface area contributed by atoms with Crippen LogP contribution in [0.25, 0.3) is 5.57 Å². The number of sulfone groups is 1. The number of nitrogens with zero attached hydrogens (tertiary/aromatic N) is 1. The Balaban J connectivity index is 1.43. The predicted octanol–water partition coefficient (Wildman–Crippen LogP) is 4.75. The number of nitrogens with one attached hydrogen (secondary N) is 2. The average Bonchev–Trinajstić information content (AvgIpc) is 3.25. The lowest BCUT2D eigenvalue weighted by molar-refractivity contribution is 0.253. The Hall–Kier alpha value is -3.71. The predicted molar refractivity (Wildman–Crippen MR) is 137 cm³/mol. The molecule has 1 aliphatic heterocycles. The van der Waals surface area contributed by atoms with E-state index in [1.165, 1.54) is 6.26 Å². The summed E-state index contributed by atoms with van der Waals surface area (Å²) in [6, 6.07) is 26.1. The maximum Gasteiger partial charge on any atom is 0.319 e. The summed E-state index contributed by atoms with van der Waals surface area (Å²) in [6.45, 7) is 0.328. The molecule has 1 unspecified atom stereocenters. The number of aliphatic imine (C=N–C) groups is 1. The van der Waals surface area contributed by atoms with Crippen molar-refractivity contribution in [3.63, 3.8) is 0 Å². The summed E-state index contributed by atoms with van der Waals surface area (Å²) < 4.78 is 23.4. The van der Waals surface area contributed by atoms with Crippen molar-refractivity contribution >= 4 is 32.8 Å². The highest BCUT2D eigenvalue weighted by Gasteiger charge is 2.22. The third-order valence-corrected chi connectivity index (χ3v) is 6.76. The SMILES string of the molecule is CS(=O)(=O)c1ccc(CCC2N=C(CNC(=O)Nc3ccccc3)C=C2c2ccccc2)cc1. The van der Waals surface area contributed by atoms with Crippen LogP contribution in [0.15, 0.2) is 101 Å². The van der Waals surface area contributed by atoms with Gasteiger partial charge in [0.05, 0.1) is 23.2 Å². The molecule has 0 bridgehead atoms. The Morgan fingerprint density at radius 2 is 1.56 bits per heavy atom. The molecule has 3 aromatic carbocycles. The maximum atomic E-state index is 12.3. The first kappa shape index (κ1) is 23.4. The second-order valence-corrected chi connectivity index (χ2v) is 10.2. The van der Waals surface area contributed by atoms with Crippen LogP contribution in [0.3, 0.4) is 0 Å². The topological polar surface area (TPSA) is 87.6 Å². The minimum absolute atomic E-state index is 0.0361. The zero-order valence-electron chi connectivity index (χ0n) is 18.9. The van der Waals surface area contributed by atoms with Crippen LogP contribution in [-0.2, 0) is 16.3 Å². The molecule has 0 saturated carbocycles. The molecule has 0 radical (unpaired) electrons. The van der Waals surface area contributed by atoms with Crippen molar-refractivity contribution in [3.8, 4) is 0 Å². The van der Waals surface area contributed by atoms with E-state index in [9.17, 15) is 13.2 Å². The van der Waals surface area contributed by atoms with Gasteiger partial charge in [0.15, 0.2) is 9.84 Å². The minimum Gasteiger partial charge on any atom is -0.332 e. The van der Waals surface area contributed by atoms with Crippen LogP contribution in [-0.4, -0.2) is 39.0 Å². The van der Waals surface area contributed by atoms with E-state index in [1.807, 2.05) is 60.7 Å². The third-order valence-electron chi connectivity index (χ3n) is 5.63. The van der Waals surface area contributed by atoms with Gasteiger partial charge in [-0.25, -0.2) is 13.2 Å². The van der Waals surface area contributed by atoms with Crippen LogP contribution in [0.4, 0.5) is 10.5 Å². The zero-order chi connectivity index (χ0) is 24.0. The molecular weight excluding hydrogens is 446 g/mol. The highest BCUT2D eigenvalue weighted by atomic mass is 32.2. The van der Waals surface area contributed by atoms with Crippen molar-refractivity contribution in [2.24, 2.45) is 4.99 Å². The van der Waals surface area contributed by atoms with Crippen molar-refractivity contribution in [3.05, 3.63) is 102 Å². The monoisotopic (exact) mass is 473 g/mol. The molecule has 1 atom stereocenters. The number of hydrogen-bond acceptors (Lipinski definition) is 4. The zero-order valence-corrected chi connectivity index (χ0v) is 19.8. The second kappa shape index (κ2) is 10.5. The Kier molecular flexibility index (Phi) is 7.23. The quantitative estimate of drug-likeness (QED) is 0.495. The molecule has 0 saturated heterocycles. The van der Waals surface area contributed by atoms with Crippen molar-refractivity contribution in [1.82, 2.24) is 5.32 Å². The lowest BCUT2D eigenvalue weighted by Crippen LogP contribution is -2.32. The van der Waals surface area contributed by atoms with Crippen molar-refractivity contribution in [2.45, 2.75) is 23.8 Å². The number of urea groups is 1. The lowest BCUT2D eigenvalue weighted by atomic mass is 9.95. The fourth-order valence-electron chi connectivity index (χ4n) is 3.88. The molecule has 0 aliphatic carbocycles. The van der Waals surface area contributed by atoms with Crippen molar-refractivity contribution in [2.75, 3.05) is 18.1 Å². The Bertz CT molecular complexity index is 1300. The standard InChI is InChI=1S/C27H27N3O3S/c1-34(32,33)24-15-12-20(13-16-24)14-17-26-25(21-8-4-2-5-9-21)18-23(29-26)19-28-27(31)30-22-10-6-3-7-11-22/h2-13,15-16,18,26H,14,17,19H2,1H3,(H2,28,30,31). The van der Waals surface area contributed by atoms with Gasteiger partial charge in [0, 0.05) is 11.9 Å². The van der Waals surface area contributed by atoms with Crippen LogP contribution in [0, 0.1) is 0 Å². The Morgan fingerprint density at radius 3 is 2.21 bits per heavy atom. The third kappa shape index (κ3) is 6.20. The molecule has 174 valence electrons. The van der Waals surface area contributed by atoms with Crippen molar-refractivity contribution in [1.29, 1.82) is 0 Å². The number of anilines is 1. The summed E-state index contributed by atoms with van der Waals surface area (Å²) in [6.07, 6.45) is 4.80. The summed E-state index contributed by atoms with van der Waals surface area (Å²) in [4.78, 5) is 17.5. The summed E-state index contributed by atoms with van der Waals surface area (Å²) in [5, 5.41) is 5.69. The fraction of sp³-hybridized carbons (Fsp3) is 0.185. The Morgan fingerprint density at radius 1 is 0.912 bits per heavy atom. The first-order valence-electron chi connectivity index (χ1n) is 11.1. The molecule has 2 N–H and O–H groups in total. The molecule has 7 heteroatoms. The van der Waals surface area contributed by atoms with Crippen LogP contribution >= 0.6 is 0 Å². The molecule has 0 spiro atoms. The van der Waals surface area contributed by atoms with E-state index in [0.717, 1.165) is 40.9 Å². The number of amides is 2. The molecule has 4 rings (SSSR count). The van der Waals surface area contributed by atoms with E-state index in [2.05, 4.69) is 28.8 Å². The molecule has 6 nitrogen and oxygen atoms in total. The number of aryl methyl sites for hydroxylation is 1. The van der Waals surface area contributed by atoms with E-state index in [0.29, 0.717) is 11.4 Å². The van der Waals surface area contributed by atoms with Gasteiger partial charge >= 0.3 is 6.03 Å². The van der Waals surface area contributed by atoms with Gasteiger partial charge in [0.25, 0.3) is 0 Å². The van der Waals surface area contributed by atoms with Gasteiger partial charge in [-0.15, -0.1) is 0 Å². The molecule has 0 fully saturated rings.